The maximum atomic E-state index is 5.92. The van der Waals surface area contributed by atoms with Crippen LogP contribution in [0.3, 0.4) is 0 Å². The van der Waals surface area contributed by atoms with E-state index >= 15 is 0 Å². The third kappa shape index (κ3) is 1.66. The van der Waals surface area contributed by atoms with Crippen molar-refractivity contribution in [2.24, 2.45) is 5.73 Å². The van der Waals surface area contributed by atoms with Crippen molar-refractivity contribution < 1.29 is 4.74 Å². The van der Waals surface area contributed by atoms with Crippen molar-refractivity contribution in [2.45, 2.75) is 25.3 Å². The Hall–Kier alpha value is -0.540. The van der Waals surface area contributed by atoms with E-state index in [-0.39, 0.29) is 0 Å². The van der Waals surface area contributed by atoms with Gasteiger partial charge in [0.1, 0.15) is 5.75 Å². The van der Waals surface area contributed by atoms with Gasteiger partial charge in [0, 0.05) is 6.04 Å². The molecule has 0 unspecified atom stereocenters. The number of fused-ring (bicyclic) bond motifs is 1. The van der Waals surface area contributed by atoms with E-state index in [1.807, 2.05) is 6.07 Å². The fraction of sp³-hybridized carbons (Fsp3) is 0.455. The van der Waals surface area contributed by atoms with E-state index in [0.717, 1.165) is 29.5 Å². The highest BCUT2D eigenvalue weighted by Crippen LogP contribution is 2.34. The summed E-state index contributed by atoms with van der Waals surface area (Å²) in [6.07, 6.45) is 3.10. The molecule has 2 nitrogen and oxygen atoms in total. The molecule has 0 radical (unpaired) electrons. The zero-order valence-corrected chi connectivity index (χ0v) is 9.80. The lowest BCUT2D eigenvalue weighted by atomic mass is 9.89. The highest BCUT2D eigenvalue weighted by molar-refractivity contribution is 9.10. The molecule has 0 spiro atoms. The number of ether oxygens (including phenoxy) is 1. The standard InChI is InChI=1S/C11H14BrNO/c1-14-10-5-2-7-6-8(13)3-4-9(7)11(10)12/h2,5,8H,3-4,6,13H2,1H3/t8-/m0/s1. The second kappa shape index (κ2) is 3.91. The molecule has 1 atom stereocenters. The number of halogens is 1. The molecular weight excluding hydrogens is 242 g/mol. The summed E-state index contributed by atoms with van der Waals surface area (Å²) < 4.78 is 6.36. The van der Waals surface area contributed by atoms with Crippen LogP contribution in [0.1, 0.15) is 17.5 Å². The lowest BCUT2D eigenvalue weighted by Gasteiger charge is -2.23. The van der Waals surface area contributed by atoms with Gasteiger partial charge in [-0.1, -0.05) is 6.07 Å². The van der Waals surface area contributed by atoms with Gasteiger partial charge in [0.05, 0.1) is 11.6 Å². The molecule has 1 aliphatic rings. The Morgan fingerprint density at radius 1 is 1.50 bits per heavy atom. The fourth-order valence-electron chi connectivity index (χ4n) is 1.97. The molecule has 0 heterocycles. The lowest BCUT2D eigenvalue weighted by Crippen LogP contribution is -2.28. The third-order valence-electron chi connectivity index (χ3n) is 2.77. The Labute approximate surface area is 92.6 Å². The average molecular weight is 256 g/mol. The van der Waals surface area contributed by atoms with Gasteiger partial charge in [-0.3, -0.25) is 0 Å². The Balaban J connectivity index is 2.43. The van der Waals surface area contributed by atoms with Crippen LogP contribution in [0.15, 0.2) is 16.6 Å². The van der Waals surface area contributed by atoms with Crippen LogP contribution in [0.2, 0.25) is 0 Å². The second-order valence-electron chi connectivity index (χ2n) is 3.72. The van der Waals surface area contributed by atoms with Gasteiger partial charge in [-0.2, -0.15) is 0 Å². The molecule has 0 bridgehead atoms. The normalized spacial score (nSPS) is 20.4. The first kappa shape index (κ1) is 9.99. The molecular formula is C11H14BrNO. The van der Waals surface area contributed by atoms with E-state index in [9.17, 15) is 0 Å². The monoisotopic (exact) mass is 255 g/mol. The average Bonchev–Trinajstić information content (AvgIpc) is 2.18. The van der Waals surface area contributed by atoms with E-state index in [0.29, 0.717) is 6.04 Å². The number of hydrogen-bond donors (Lipinski definition) is 1. The summed E-state index contributed by atoms with van der Waals surface area (Å²) >= 11 is 3.58. The molecule has 0 fully saturated rings. The minimum atomic E-state index is 0.322. The number of nitrogens with two attached hydrogens (primary N) is 1. The summed E-state index contributed by atoms with van der Waals surface area (Å²) in [6.45, 7) is 0. The van der Waals surface area contributed by atoms with Crippen LogP contribution >= 0.6 is 15.9 Å². The molecule has 0 aliphatic heterocycles. The molecule has 0 amide bonds. The zero-order chi connectivity index (χ0) is 10.1. The predicted molar refractivity (Wildman–Crippen MR) is 60.7 cm³/mol. The molecule has 1 aliphatic carbocycles. The minimum Gasteiger partial charge on any atom is -0.496 e. The number of methoxy groups -OCH3 is 1. The summed E-state index contributed by atoms with van der Waals surface area (Å²) in [5.41, 5.74) is 8.65. The van der Waals surface area contributed by atoms with Gasteiger partial charge in [0.15, 0.2) is 0 Å². The maximum Gasteiger partial charge on any atom is 0.133 e. The van der Waals surface area contributed by atoms with E-state index < -0.39 is 0 Å². The van der Waals surface area contributed by atoms with Crippen molar-refractivity contribution in [1.29, 1.82) is 0 Å². The van der Waals surface area contributed by atoms with Crippen LogP contribution in [-0.4, -0.2) is 13.2 Å². The first-order valence-corrected chi connectivity index (χ1v) is 5.61. The van der Waals surface area contributed by atoms with Crippen molar-refractivity contribution in [1.82, 2.24) is 0 Å². The molecule has 1 aromatic carbocycles. The number of rotatable bonds is 1. The summed E-state index contributed by atoms with van der Waals surface area (Å²) in [5.74, 6) is 0.916. The van der Waals surface area contributed by atoms with Crippen molar-refractivity contribution in [2.75, 3.05) is 7.11 Å². The molecule has 0 saturated heterocycles. The largest absolute Gasteiger partial charge is 0.496 e. The minimum absolute atomic E-state index is 0.322. The van der Waals surface area contributed by atoms with Gasteiger partial charge < -0.3 is 10.5 Å². The molecule has 14 heavy (non-hydrogen) atoms. The lowest BCUT2D eigenvalue weighted by molar-refractivity contribution is 0.410. The van der Waals surface area contributed by atoms with Gasteiger partial charge in [0.2, 0.25) is 0 Å². The van der Waals surface area contributed by atoms with Gasteiger partial charge in [0.25, 0.3) is 0 Å². The van der Waals surface area contributed by atoms with Crippen molar-refractivity contribution in [3.63, 3.8) is 0 Å². The number of hydrogen-bond acceptors (Lipinski definition) is 2. The topological polar surface area (TPSA) is 35.2 Å². The van der Waals surface area contributed by atoms with E-state index in [2.05, 4.69) is 22.0 Å². The molecule has 2 N–H and O–H groups in total. The molecule has 1 aromatic rings. The number of benzene rings is 1. The summed E-state index contributed by atoms with van der Waals surface area (Å²) in [7, 11) is 1.70. The highest BCUT2D eigenvalue weighted by Gasteiger charge is 2.19. The Morgan fingerprint density at radius 3 is 3.00 bits per heavy atom. The summed E-state index contributed by atoms with van der Waals surface area (Å²) in [4.78, 5) is 0. The third-order valence-corrected chi connectivity index (χ3v) is 3.64. The molecule has 0 aromatic heterocycles. The summed E-state index contributed by atoms with van der Waals surface area (Å²) in [6, 6.07) is 4.45. The molecule has 0 saturated carbocycles. The Morgan fingerprint density at radius 2 is 2.29 bits per heavy atom. The van der Waals surface area contributed by atoms with Crippen LogP contribution in [0.4, 0.5) is 0 Å². The van der Waals surface area contributed by atoms with E-state index in [4.69, 9.17) is 10.5 Å². The predicted octanol–water partition coefficient (Wildman–Crippen LogP) is 2.27. The van der Waals surface area contributed by atoms with E-state index in [1.54, 1.807) is 7.11 Å². The first-order valence-electron chi connectivity index (χ1n) is 4.82. The van der Waals surface area contributed by atoms with Gasteiger partial charge >= 0.3 is 0 Å². The highest BCUT2D eigenvalue weighted by atomic mass is 79.9. The van der Waals surface area contributed by atoms with Crippen LogP contribution in [0.25, 0.3) is 0 Å². The van der Waals surface area contributed by atoms with Crippen LogP contribution in [-0.2, 0) is 12.8 Å². The van der Waals surface area contributed by atoms with Gasteiger partial charge in [-0.15, -0.1) is 0 Å². The van der Waals surface area contributed by atoms with Crippen molar-refractivity contribution in [3.05, 3.63) is 27.7 Å². The van der Waals surface area contributed by atoms with E-state index in [1.165, 1.54) is 11.1 Å². The summed E-state index contributed by atoms with van der Waals surface area (Å²) in [5, 5.41) is 0. The van der Waals surface area contributed by atoms with Crippen LogP contribution < -0.4 is 10.5 Å². The Kier molecular flexibility index (Phi) is 2.79. The first-order chi connectivity index (χ1) is 6.72. The fourth-order valence-corrected chi connectivity index (χ4v) is 2.72. The van der Waals surface area contributed by atoms with Crippen LogP contribution in [0.5, 0.6) is 5.75 Å². The maximum absolute atomic E-state index is 5.92. The van der Waals surface area contributed by atoms with Crippen molar-refractivity contribution in [3.8, 4) is 5.75 Å². The quantitative estimate of drug-likeness (QED) is 0.836. The molecule has 3 heteroatoms. The molecule has 2 rings (SSSR count). The zero-order valence-electron chi connectivity index (χ0n) is 8.22. The van der Waals surface area contributed by atoms with Gasteiger partial charge in [-0.05, 0) is 52.4 Å². The smallest absolute Gasteiger partial charge is 0.133 e. The van der Waals surface area contributed by atoms with Crippen molar-refractivity contribution >= 4 is 15.9 Å². The van der Waals surface area contributed by atoms with Crippen LogP contribution in [0, 0.1) is 0 Å². The Bertz CT molecular complexity index is 351. The SMILES string of the molecule is COc1ccc2c(c1Br)CC[C@H](N)C2. The van der Waals surface area contributed by atoms with Gasteiger partial charge in [-0.25, -0.2) is 0 Å². The second-order valence-corrected chi connectivity index (χ2v) is 4.52. The molecule has 76 valence electrons.